The number of likely N-dealkylation sites (tertiary alicyclic amines) is 1. The molecule has 6 rings (SSSR count). The van der Waals surface area contributed by atoms with Crippen molar-refractivity contribution in [1.29, 1.82) is 0 Å². The largest absolute Gasteiger partial charge is 0.354 e. The Hall–Kier alpha value is -2.67. The zero-order valence-corrected chi connectivity index (χ0v) is 19.5. The SMILES string of the molecule is CN1CCC(c2ccc(Nc3ncc4c(n3)N(C3CCCC3)C3(CCNC3=O)C4)cc2)CC1. The van der Waals surface area contributed by atoms with Crippen molar-refractivity contribution in [1.82, 2.24) is 20.2 Å². The summed E-state index contributed by atoms with van der Waals surface area (Å²) in [6.45, 7) is 3.09. The van der Waals surface area contributed by atoms with Crippen molar-refractivity contribution in [3.8, 4) is 0 Å². The number of fused-ring (bicyclic) bond motifs is 1. The van der Waals surface area contributed by atoms with Crippen molar-refractivity contribution in [3.05, 3.63) is 41.6 Å². The van der Waals surface area contributed by atoms with E-state index in [0.29, 0.717) is 17.9 Å². The summed E-state index contributed by atoms with van der Waals surface area (Å²) in [4.78, 5) is 27.3. The number of amides is 1. The summed E-state index contributed by atoms with van der Waals surface area (Å²) in [5.74, 6) is 2.38. The Morgan fingerprint density at radius 1 is 1.09 bits per heavy atom. The molecule has 3 fully saturated rings. The minimum Gasteiger partial charge on any atom is -0.354 e. The number of anilines is 3. The predicted octanol–water partition coefficient (Wildman–Crippen LogP) is 3.59. The fourth-order valence-corrected chi connectivity index (χ4v) is 6.45. The van der Waals surface area contributed by atoms with Gasteiger partial charge in [-0.05, 0) is 75.9 Å². The Morgan fingerprint density at radius 3 is 2.55 bits per heavy atom. The van der Waals surface area contributed by atoms with Gasteiger partial charge >= 0.3 is 0 Å². The summed E-state index contributed by atoms with van der Waals surface area (Å²) in [7, 11) is 2.20. The number of hydrogen-bond donors (Lipinski definition) is 2. The van der Waals surface area contributed by atoms with E-state index in [-0.39, 0.29) is 5.91 Å². The molecular formula is C26H34N6O. The van der Waals surface area contributed by atoms with Crippen LogP contribution in [-0.2, 0) is 11.2 Å². The molecule has 1 unspecified atom stereocenters. The zero-order valence-electron chi connectivity index (χ0n) is 19.5. The summed E-state index contributed by atoms with van der Waals surface area (Å²) in [5.41, 5.74) is 3.05. The van der Waals surface area contributed by atoms with Crippen LogP contribution in [0.2, 0.25) is 0 Å². The molecule has 1 aliphatic carbocycles. The molecular weight excluding hydrogens is 412 g/mol. The smallest absolute Gasteiger partial charge is 0.246 e. The van der Waals surface area contributed by atoms with Gasteiger partial charge in [-0.3, -0.25) is 4.79 Å². The van der Waals surface area contributed by atoms with Crippen molar-refractivity contribution < 1.29 is 4.79 Å². The van der Waals surface area contributed by atoms with Gasteiger partial charge in [0.2, 0.25) is 11.9 Å². The molecule has 2 aromatic rings. The number of hydrogen-bond acceptors (Lipinski definition) is 6. The molecule has 174 valence electrons. The number of nitrogens with one attached hydrogen (secondary N) is 2. The van der Waals surface area contributed by atoms with E-state index in [9.17, 15) is 4.79 Å². The molecule has 1 aromatic carbocycles. The van der Waals surface area contributed by atoms with Crippen LogP contribution in [0.15, 0.2) is 30.5 Å². The van der Waals surface area contributed by atoms with Crippen molar-refractivity contribution in [3.63, 3.8) is 0 Å². The zero-order chi connectivity index (χ0) is 22.4. The number of rotatable bonds is 4. The minimum atomic E-state index is -0.472. The van der Waals surface area contributed by atoms with E-state index in [2.05, 4.69) is 56.7 Å². The number of benzene rings is 1. The lowest BCUT2D eigenvalue weighted by atomic mass is 9.89. The van der Waals surface area contributed by atoms with Gasteiger partial charge in [0.25, 0.3) is 0 Å². The van der Waals surface area contributed by atoms with Gasteiger partial charge in [0.1, 0.15) is 11.4 Å². The van der Waals surface area contributed by atoms with Crippen molar-refractivity contribution in [2.45, 2.75) is 68.9 Å². The summed E-state index contributed by atoms with van der Waals surface area (Å²) in [5, 5.41) is 6.50. The average Bonchev–Trinajstić information content (AvgIpc) is 3.55. The maximum absolute atomic E-state index is 13.0. The lowest BCUT2D eigenvalue weighted by Gasteiger charge is -2.38. The van der Waals surface area contributed by atoms with E-state index in [1.54, 1.807) is 0 Å². The standard InChI is InChI=1S/C26H34N6O/c1-31-14-10-19(11-15-31)18-6-8-21(9-7-18)29-25-28-17-20-16-26(12-13-27-24(26)33)32(23(20)30-25)22-4-2-3-5-22/h6-9,17,19,22H,2-5,10-16H2,1H3,(H,27,33)(H,28,29,30). The summed E-state index contributed by atoms with van der Waals surface area (Å²) >= 11 is 0. The van der Waals surface area contributed by atoms with Crippen molar-refractivity contribution in [2.24, 2.45) is 0 Å². The summed E-state index contributed by atoms with van der Waals surface area (Å²) < 4.78 is 0. The summed E-state index contributed by atoms with van der Waals surface area (Å²) in [6, 6.07) is 9.17. The molecule has 7 heteroatoms. The topological polar surface area (TPSA) is 73.4 Å². The van der Waals surface area contributed by atoms with Crippen LogP contribution >= 0.6 is 0 Å². The molecule has 3 aliphatic heterocycles. The Labute approximate surface area is 196 Å². The number of piperidine rings is 1. The molecule has 33 heavy (non-hydrogen) atoms. The molecule has 1 amide bonds. The molecule has 2 saturated heterocycles. The maximum Gasteiger partial charge on any atom is 0.246 e. The third kappa shape index (κ3) is 3.66. The van der Waals surface area contributed by atoms with Gasteiger partial charge in [0, 0.05) is 36.5 Å². The van der Waals surface area contributed by atoms with Gasteiger partial charge in [-0.2, -0.15) is 4.98 Å². The average molecular weight is 447 g/mol. The van der Waals surface area contributed by atoms with Crippen LogP contribution in [0, 0.1) is 0 Å². The molecule has 0 radical (unpaired) electrons. The highest BCUT2D eigenvalue weighted by molar-refractivity contribution is 5.94. The van der Waals surface area contributed by atoms with Crippen LogP contribution in [-0.4, -0.2) is 59.0 Å². The van der Waals surface area contributed by atoms with E-state index in [0.717, 1.165) is 49.3 Å². The van der Waals surface area contributed by atoms with E-state index in [4.69, 9.17) is 4.98 Å². The van der Waals surface area contributed by atoms with Crippen LogP contribution in [0.25, 0.3) is 0 Å². The highest BCUT2D eigenvalue weighted by Crippen LogP contribution is 2.46. The fraction of sp³-hybridized carbons (Fsp3) is 0.577. The van der Waals surface area contributed by atoms with Crippen molar-refractivity contribution in [2.75, 3.05) is 36.9 Å². The highest BCUT2D eigenvalue weighted by atomic mass is 16.2. The molecule has 1 atom stereocenters. The van der Waals surface area contributed by atoms with E-state index >= 15 is 0 Å². The first-order chi connectivity index (χ1) is 16.1. The van der Waals surface area contributed by atoms with Crippen LogP contribution in [0.5, 0.6) is 0 Å². The number of nitrogens with zero attached hydrogens (tertiary/aromatic N) is 4. The lowest BCUT2D eigenvalue weighted by molar-refractivity contribution is -0.123. The Morgan fingerprint density at radius 2 is 1.85 bits per heavy atom. The lowest BCUT2D eigenvalue weighted by Crippen LogP contribution is -2.56. The molecule has 2 N–H and O–H groups in total. The van der Waals surface area contributed by atoms with Gasteiger partial charge in [-0.25, -0.2) is 4.98 Å². The van der Waals surface area contributed by atoms with E-state index < -0.39 is 5.54 Å². The van der Waals surface area contributed by atoms with Crippen LogP contribution in [0.1, 0.15) is 62.0 Å². The van der Waals surface area contributed by atoms with Gasteiger partial charge in [0.05, 0.1) is 0 Å². The fourth-order valence-electron chi connectivity index (χ4n) is 6.45. The minimum absolute atomic E-state index is 0.159. The van der Waals surface area contributed by atoms with Crippen molar-refractivity contribution >= 4 is 23.4 Å². The molecule has 1 aromatic heterocycles. The number of aromatic nitrogens is 2. The molecule has 4 heterocycles. The Bertz CT molecular complexity index is 1030. The summed E-state index contributed by atoms with van der Waals surface area (Å²) in [6.07, 6.45) is 10.7. The van der Waals surface area contributed by atoms with Crippen LogP contribution in [0.4, 0.5) is 17.5 Å². The second-order valence-electron chi connectivity index (χ2n) is 10.4. The molecule has 0 bridgehead atoms. The van der Waals surface area contributed by atoms with Crippen LogP contribution in [0.3, 0.4) is 0 Å². The first-order valence-electron chi connectivity index (χ1n) is 12.6. The molecule has 1 saturated carbocycles. The molecule has 7 nitrogen and oxygen atoms in total. The Balaban J connectivity index is 1.23. The van der Waals surface area contributed by atoms with E-state index in [1.165, 1.54) is 44.3 Å². The first kappa shape index (κ1) is 20.9. The molecule has 4 aliphatic rings. The first-order valence-corrected chi connectivity index (χ1v) is 12.6. The monoisotopic (exact) mass is 446 g/mol. The second kappa shape index (κ2) is 8.28. The van der Waals surface area contributed by atoms with Gasteiger partial charge < -0.3 is 20.4 Å². The normalized spacial score (nSPS) is 26.2. The number of carbonyl (C=O) groups is 1. The van der Waals surface area contributed by atoms with Gasteiger partial charge in [0.15, 0.2) is 0 Å². The van der Waals surface area contributed by atoms with E-state index in [1.807, 2.05) is 6.20 Å². The third-order valence-electron chi connectivity index (χ3n) is 8.31. The van der Waals surface area contributed by atoms with Gasteiger partial charge in [-0.1, -0.05) is 25.0 Å². The quantitative estimate of drug-likeness (QED) is 0.748. The predicted molar refractivity (Wildman–Crippen MR) is 130 cm³/mol. The van der Waals surface area contributed by atoms with Gasteiger partial charge in [-0.15, -0.1) is 0 Å². The third-order valence-corrected chi connectivity index (χ3v) is 8.31. The Kier molecular flexibility index (Phi) is 5.24. The van der Waals surface area contributed by atoms with Crippen LogP contribution < -0.4 is 15.5 Å². The molecule has 1 spiro atoms. The second-order valence-corrected chi connectivity index (χ2v) is 10.4. The number of carbonyl (C=O) groups excluding carboxylic acids is 1. The highest BCUT2D eigenvalue weighted by Gasteiger charge is 2.55. The maximum atomic E-state index is 13.0.